The van der Waals surface area contributed by atoms with E-state index in [9.17, 15) is 8.42 Å². The molecule has 0 spiro atoms. The maximum atomic E-state index is 12.1. The second kappa shape index (κ2) is 5.73. The quantitative estimate of drug-likeness (QED) is 0.840. The Kier molecular flexibility index (Phi) is 4.24. The Morgan fingerprint density at radius 2 is 1.79 bits per heavy atom. The molecule has 19 heavy (non-hydrogen) atoms. The van der Waals surface area contributed by atoms with Crippen LogP contribution in [-0.2, 0) is 16.6 Å². The molecule has 100 valence electrons. The van der Waals surface area contributed by atoms with E-state index in [-0.39, 0.29) is 11.4 Å². The highest BCUT2D eigenvalue weighted by Crippen LogP contribution is 2.22. The molecule has 0 heterocycles. The summed E-state index contributed by atoms with van der Waals surface area (Å²) in [5, 5.41) is 0. The lowest BCUT2D eigenvalue weighted by molar-refractivity contribution is 0.581. The predicted molar refractivity (Wildman–Crippen MR) is 79.0 cm³/mol. The van der Waals surface area contributed by atoms with Gasteiger partial charge in [0, 0.05) is 16.7 Å². The van der Waals surface area contributed by atoms with Gasteiger partial charge in [-0.25, -0.2) is 13.1 Å². The molecule has 0 radical (unpaired) electrons. The first-order chi connectivity index (χ1) is 8.99. The second-order valence-electron chi connectivity index (χ2n) is 3.99. The van der Waals surface area contributed by atoms with Gasteiger partial charge in [-0.3, -0.25) is 0 Å². The Bertz CT molecular complexity index is 672. The molecular formula is C13H13BrN2O2S. The zero-order valence-electron chi connectivity index (χ0n) is 10.0. The van der Waals surface area contributed by atoms with Crippen LogP contribution in [0.2, 0.25) is 0 Å². The van der Waals surface area contributed by atoms with Gasteiger partial charge >= 0.3 is 0 Å². The highest BCUT2D eigenvalue weighted by atomic mass is 79.9. The van der Waals surface area contributed by atoms with Gasteiger partial charge in [0.25, 0.3) is 0 Å². The van der Waals surface area contributed by atoms with E-state index in [0.29, 0.717) is 10.2 Å². The highest BCUT2D eigenvalue weighted by Gasteiger charge is 2.14. The third-order valence-corrected chi connectivity index (χ3v) is 4.71. The zero-order valence-corrected chi connectivity index (χ0v) is 12.4. The molecule has 3 N–H and O–H groups in total. The molecule has 0 bridgehead atoms. The van der Waals surface area contributed by atoms with Crippen molar-refractivity contribution in [1.29, 1.82) is 0 Å². The van der Waals surface area contributed by atoms with Crippen LogP contribution < -0.4 is 10.5 Å². The van der Waals surface area contributed by atoms with Gasteiger partial charge in [-0.1, -0.05) is 30.3 Å². The van der Waals surface area contributed by atoms with Crippen LogP contribution in [0.15, 0.2) is 57.9 Å². The number of hydrogen-bond donors (Lipinski definition) is 2. The number of nitrogen functional groups attached to an aromatic ring is 1. The van der Waals surface area contributed by atoms with Crippen molar-refractivity contribution in [3.05, 3.63) is 58.6 Å². The Balaban J connectivity index is 2.16. The van der Waals surface area contributed by atoms with E-state index in [1.54, 1.807) is 6.07 Å². The number of rotatable bonds is 4. The summed E-state index contributed by atoms with van der Waals surface area (Å²) < 4.78 is 27.4. The molecule has 4 nitrogen and oxygen atoms in total. The topological polar surface area (TPSA) is 72.2 Å². The van der Waals surface area contributed by atoms with Crippen LogP contribution in [-0.4, -0.2) is 8.42 Å². The molecule has 0 aliphatic carbocycles. The Labute approximate surface area is 120 Å². The molecule has 0 saturated carbocycles. The highest BCUT2D eigenvalue weighted by molar-refractivity contribution is 9.10. The Morgan fingerprint density at radius 1 is 1.11 bits per heavy atom. The lowest BCUT2D eigenvalue weighted by atomic mass is 10.2. The summed E-state index contributed by atoms with van der Waals surface area (Å²) in [5.74, 6) is 0. The molecule has 2 aromatic carbocycles. The largest absolute Gasteiger partial charge is 0.398 e. The Morgan fingerprint density at radius 3 is 2.42 bits per heavy atom. The lowest BCUT2D eigenvalue weighted by Gasteiger charge is -2.08. The van der Waals surface area contributed by atoms with E-state index in [0.717, 1.165) is 5.56 Å². The SMILES string of the molecule is Nc1cc(S(=O)(=O)NCc2ccccc2)ccc1Br. The summed E-state index contributed by atoms with van der Waals surface area (Å²) in [6.45, 7) is 0.249. The van der Waals surface area contributed by atoms with Crippen molar-refractivity contribution in [1.82, 2.24) is 4.72 Å². The van der Waals surface area contributed by atoms with Crippen molar-refractivity contribution < 1.29 is 8.42 Å². The normalized spacial score (nSPS) is 11.4. The smallest absolute Gasteiger partial charge is 0.240 e. The predicted octanol–water partition coefficient (Wildman–Crippen LogP) is 2.51. The average molecular weight is 341 g/mol. The second-order valence-corrected chi connectivity index (χ2v) is 6.61. The van der Waals surface area contributed by atoms with Gasteiger partial charge in [0.05, 0.1) is 4.90 Å². The number of anilines is 1. The minimum Gasteiger partial charge on any atom is -0.398 e. The summed E-state index contributed by atoms with van der Waals surface area (Å²) in [7, 11) is -3.55. The third-order valence-electron chi connectivity index (χ3n) is 2.59. The molecule has 6 heteroatoms. The molecule has 0 aliphatic heterocycles. The number of nitrogens with two attached hydrogens (primary N) is 1. The fraction of sp³-hybridized carbons (Fsp3) is 0.0769. The molecule has 0 saturated heterocycles. The average Bonchev–Trinajstić information content (AvgIpc) is 2.41. The molecule has 0 aromatic heterocycles. The van der Waals surface area contributed by atoms with Crippen molar-refractivity contribution in [3.8, 4) is 0 Å². The van der Waals surface area contributed by atoms with Crippen LogP contribution in [0.4, 0.5) is 5.69 Å². The van der Waals surface area contributed by atoms with Gasteiger partial charge in [-0.2, -0.15) is 0 Å². The van der Waals surface area contributed by atoms with Crippen LogP contribution in [0.3, 0.4) is 0 Å². The summed E-state index contributed by atoms with van der Waals surface area (Å²) in [6, 6.07) is 13.9. The molecule has 2 rings (SSSR count). The fourth-order valence-corrected chi connectivity index (χ4v) is 2.85. The van der Waals surface area contributed by atoms with Crippen LogP contribution in [0.25, 0.3) is 0 Å². The van der Waals surface area contributed by atoms with Crippen LogP contribution in [0, 0.1) is 0 Å². The molecule has 0 fully saturated rings. The maximum absolute atomic E-state index is 12.1. The van der Waals surface area contributed by atoms with E-state index < -0.39 is 10.0 Å². The molecule has 0 amide bonds. The molecule has 0 atom stereocenters. The standard InChI is InChI=1S/C13H13BrN2O2S/c14-12-7-6-11(8-13(12)15)19(17,18)16-9-10-4-2-1-3-5-10/h1-8,16H,9,15H2. The van der Waals surface area contributed by atoms with Gasteiger partial charge in [-0.05, 0) is 39.7 Å². The van der Waals surface area contributed by atoms with Gasteiger partial charge < -0.3 is 5.73 Å². The zero-order chi connectivity index (χ0) is 13.9. The van der Waals surface area contributed by atoms with Crippen molar-refractivity contribution in [2.75, 3.05) is 5.73 Å². The number of sulfonamides is 1. The summed E-state index contributed by atoms with van der Waals surface area (Å²) >= 11 is 3.23. The van der Waals surface area contributed by atoms with Gasteiger partial charge in [-0.15, -0.1) is 0 Å². The number of benzene rings is 2. The van der Waals surface area contributed by atoms with E-state index in [4.69, 9.17) is 5.73 Å². The number of nitrogens with one attached hydrogen (secondary N) is 1. The fourth-order valence-electron chi connectivity index (χ4n) is 1.55. The van der Waals surface area contributed by atoms with Gasteiger partial charge in [0.2, 0.25) is 10.0 Å². The van der Waals surface area contributed by atoms with Crippen molar-refractivity contribution in [3.63, 3.8) is 0 Å². The number of hydrogen-bond acceptors (Lipinski definition) is 3. The summed E-state index contributed by atoms with van der Waals surface area (Å²) in [5.41, 5.74) is 6.98. The van der Waals surface area contributed by atoms with Crippen LogP contribution in [0.1, 0.15) is 5.56 Å². The first-order valence-electron chi connectivity index (χ1n) is 5.58. The first-order valence-corrected chi connectivity index (χ1v) is 7.85. The molecule has 0 aliphatic rings. The van der Waals surface area contributed by atoms with Crippen molar-refractivity contribution >= 4 is 31.6 Å². The van der Waals surface area contributed by atoms with Crippen molar-refractivity contribution in [2.24, 2.45) is 0 Å². The first kappa shape index (κ1) is 14.0. The third kappa shape index (κ3) is 3.56. The van der Waals surface area contributed by atoms with Gasteiger partial charge in [0.1, 0.15) is 0 Å². The van der Waals surface area contributed by atoms with Crippen LogP contribution in [0.5, 0.6) is 0 Å². The lowest BCUT2D eigenvalue weighted by Crippen LogP contribution is -2.23. The van der Waals surface area contributed by atoms with Crippen LogP contribution >= 0.6 is 15.9 Å². The minimum absolute atomic E-state index is 0.157. The van der Waals surface area contributed by atoms with Gasteiger partial charge in [0.15, 0.2) is 0 Å². The minimum atomic E-state index is -3.55. The summed E-state index contributed by atoms with van der Waals surface area (Å²) in [4.78, 5) is 0.157. The van der Waals surface area contributed by atoms with E-state index in [2.05, 4.69) is 20.7 Å². The van der Waals surface area contributed by atoms with E-state index >= 15 is 0 Å². The van der Waals surface area contributed by atoms with Crippen molar-refractivity contribution in [2.45, 2.75) is 11.4 Å². The number of halogens is 1. The Hall–Kier alpha value is -1.37. The van der Waals surface area contributed by atoms with E-state index in [1.807, 2.05) is 30.3 Å². The molecule has 0 unspecified atom stereocenters. The monoisotopic (exact) mass is 340 g/mol. The molecule has 2 aromatic rings. The van der Waals surface area contributed by atoms with E-state index in [1.165, 1.54) is 12.1 Å². The molecular weight excluding hydrogens is 328 g/mol. The maximum Gasteiger partial charge on any atom is 0.240 e. The summed E-state index contributed by atoms with van der Waals surface area (Å²) in [6.07, 6.45) is 0.